The molecule has 144 valence electrons. The minimum absolute atomic E-state index is 0.0320. The lowest BCUT2D eigenvalue weighted by molar-refractivity contribution is 0.112. The summed E-state index contributed by atoms with van der Waals surface area (Å²) in [5.41, 5.74) is 1.30. The Morgan fingerprint density at radius 2 is 1.82 bits per heavy atom. The van der Waals surface area contributed by atoms with E-state index >= 15 is 0 Å². The molecule has 0 aliphatic heterocycles. The molecule has 0 aliphatic carbocycles. The molecule has 0 fully saturated rings. The van der Waals surface area contributed by atoms with Gasteiger partial charge in [-0.15, -0.1) is 24.5 Å². The van der Waals surface area contributed by atoms with Gasteiger partial charge in [0.1, 0.15) is 0 Å². The average molecular weight is 393 g/mol. The number of hydrogen-bond donors (Lipinski definition) is 1. The highest BCUT2D eigenvalue weighted by Gasteiger charge is 2.13. The molecule has 0 saturated heterocycles. The second-order valence-corrected chi connectivity index (χ2v) is 7.62. The molecule has 1 N–H and O–H groups in total. The number of hydrogen-bond acceptors (Lipinski definition) is 5. The lowest BCUT2D eigenvalue weighted by atomic mass is 10.1. The van der Waals surface area contributed by atoms with Crippen LogP contribution in [0.4, 0.5) is 5.69 Å². The molecule has 0 bridgehead atoms. The summed E-state index contributed by atoms with van der Waals surface area (Å²) in [4.78, 5) is 26.9. The quantitative estimate of drug-likeness (QED) is 0.235. The highest BCUT2D eigenvalue weighted by Crippen LogP contribution is 2.31. The summed E-state index contributed by atoms with van der Waals surface area (Å²) in [5, 5.41) is 4.68. The predicted octanol–water partition coefficient (Wildman–Crippen LogP) is 4.70. The van der Waals surface area contributed by atoms with Crippen LogP contribution in [0.25, 0.3) is 20.2 Å². The van der Waals surface area contributed by atoms with Crippen molar-refractivity contribution >= 4 is 43.5 Å². The number of aldehydes is 1. The molecule has 28 heavy (non-hydrogen) atoms. The summed E-state index contributed by atoms with van der Waals surface area (Å²) in [6, 6.07) is 11.2. The van der Waals surface area contributed by atoms with Crippen molar-refractivity contribution in [1.29, 1.82) is 0 Å². The largest absolute Gasteiger partial charge is 0.384 e. The summed E-state index contributed by atoms with van der Waals surface area (Å²) in [6.07, 6.45) is 5.51. The van der Waals surface area contributed by atoms with E-state index in [9.17, 15) is 9.59 Å². The molecule has 3 rings (SSSR count). The van der Waals surface area contributed by atoms with Crippen LogP contribution in [0.3, 0.4) is 0 Å². The Hall–Kier alpha value is -2.76. The maximum Gasteiger partial charge on any atom is 0.197 e. The molecule has 1 heterocycles. The van der Waals surface area contributed by atoms with Crippen molar-refractivity contribution in [3.8, 4) is 0 Å². The Morgan fingerprint density at radius 3 is 2.54 bits per heavy atom. The van der Waals surface area contributed by atoms with E-state index in [1.54, 1.807) is 6.07 Å². The summed E-state index contributed by atoms with van der Waals surface area (Å²) in [6.45, 7) is 10.9. The number of benzene rings is 2. The minimum atomic E-state index is -0.0320. The van der Waals surface area contributed by atoms with Gasteiger partial charge in [-0.1, -0.05) is 24.3 Å². The first-order valence-electron chi connectivity index (χ1n) is 9.31. The molecule has 0 amide bonds. The fraction of sp³-hybridized carbons (Fsp3) is 0.217. The third-order valence-electron chi connectivity index (χ3n) is 4.63. The van der Waals surface area contributed by atoms with Gasteiger partial charge in [-0.2, -0.15) is 0 Å². The van der Waals surface area contributed by atoms with Gasteiger partial charge in [0.25, 0.3) is 0 Å². The molecule has 0 aliphatic rings. The van der Waals surface area contributed by atoms with Crippen molar-refractivity contribution in [3.05, 3.63) is 77.5 Å². The Balaban J connectivity index is 1.88. The normalized spacial score (nSPS) is 11.0. The van der Waals surface area contributed by atoms with Crippen LogP contribution in [0.15, 0.2) is 66.5 Å². The van der Waals surface area contributed by atoms with Crippen LogP contribution in [-0.4, -0.2) is 37.4 Å². The van der Waals surface area contributed by atoms with E-state index in [0.29, 0.717) is 16.3 Å². The van der Waals surface area contributed by atoms with Gasteiger partial charge >= 0.3 is 0 Å². The van der Waals surface area contributed by atoms with Gasteiger partial charge in [0.15, 0.2) is 11.7 Å². The van der Waals surface area contributed by atoms with Gasteiger partial charge in [0.2, 0.25) is 0 Å². The number of nitrogens with one attached hydrogen (secondary N) is 1. The lowest BCUT2D eigenvalue weighted by Crippen LogP contribution is -2.26. The standard InChI is InChI=1S/C23H24N2O2S/c1-3-13-25(14-4-2)15-7-12-24-19-11-10-17(16-26)23-21(19)22(27)18-8-5-6-9-20(18)28-23/h3-6,8-11,16,24H,1-2,7,12-15H2. The first-order chi connectivity index (χ1) is 13.7. The molecule has 0 radical (unpaired) electrons. The molecule has 0 unspecified atom stereocenters. The van der Waals surface area contributed by atoms with Gasteiger partial charge in [0, 0.05) is 47.5 Å². The zero-order chi connectivity index (χ0) is 19.9. The molecular formula is C23H24N2O2S. The molecule has 0 atom stereocenters. The van der Waals surface area contributed by atoms with E-state index in [-0.39, 0.29) is 5.43 Å². The van der Waals surface area contributed by atoms with E-state index in [4.69, 9.17) is 0 Å². The van der Waals surface area contributed by atoms with E-state index in [1.165, 1.54) is 11.3 Å². The third kappa shape index (κ3) is 4.21. The maximum atomic E-state index is 13.1. The van der Waals surface area contributed by atoms with Gasteiger partial charge in [-0.3, -0.25) is 14.5 Å². The van der Waals surface area contributed by atoms with Crippen LogP contribution in [0.5, 0.6) is 0 Å². The van der Waals surface area contributed by atoms with Crippen molar-refractivity contribution in [2.45, 2.75) is 6.42 Å². The second kappa shape index (κ2) is 9.44. The third-order valence-corrected chi connectivity index (χ3v) is 5.85. The van der Waals surface area contributed by atoms with E-state index in [2.05, 4.69) is 23.4 Å². The van der Waals surface area contributed by atoms with Crippen LogP contribution < -0.4 is 10.7 Å². The summed E-state index contributed by atoms with van der Waals surface area (Å²) in [7, 11) is 0. The summed E-state index contributed by atoms with van der Waals surface area (Å²) in [5.74, 6) is 0. The number of rotatable bonds is 10. The Morgan fingerprint density at radius 1 is 1.07 bits per heavy atom. The molecule has 2 aromatic carbocycles. The minimum Gasteiger partial charge on any atom is -0.384 e. The average Bonchev–Trinajstić information content (AvgIpc) is 2.71. The predicted molar refractivity (Wildman–Crippen MR) is 121 cm³/mol. The van der Waals surface area contributed by atoms with E-state index in [1.807, 2.05) is 42.5 Å². The highest BCUT2D eigenvalue weighted by atomic mass is 32.1. The number of carbonyl (C=O) groups is 1. The van der Waals surface area contributed by atoms with Crippen molar-refractivity contribution in [1.82, 2.24) is 4.90 Å². The molecule has 4 nitrogen and oxygen atoms in total. The molecule has 5 heteroatoms. The smallest absolute Gasteiger partial charge is 0.197 e. The van der Waals surface area contributed by atoms with Crippen LogP contribution in [0, 0.1) is 0 Å². The first-order valence-corrected chi connectivity index (χ1v) is 10.1. The van der Waals surface area contributed by atoms with Crippen LogP contribution in [0.1, 0.15) is 16.8 Å². The molecule has 1 aromatic heterocycles. The zero-order valence-electron chi connectivity index (χ0n) is 15.8. The van der Waals surface area contributed by atoms with Gasteiger partial charge in [0.05, 0.1) is 10.1 Å². The Labute approximate surface area is 168 Å². The van der Waals surface area contributed by atoms with Gasteiger partial charge in [-0.05, 0) is 30.7 Å². The van der Waals surface area contributed by atoms with Crippen LogP contribution in [-0.2, 0) is 0 Å². The number of carbonyl (C=O) groups excluding carboxylic acids is 1. The molecule has 0 saturated carbocycles. The summed E-state index contributed by atoms with van der Waals surface area (Å²) < 4.78 is 1.63. The Kier molecular flexibility index (Phi) is 6.74. The zero-order valence-corrected chi connectivity index (χ0v) is 16.6. The molecule has 0 spiro atoms. The van der Waals surface area contributed by atoms with Gasteiger partial charge < -0.3 is 5.32 Å². The first kappa shape index (κ1) is 20.0. The van der Waals surface area contributed by atoms with Crippen molar-refractivity contribution in [2.75, 3.05) is 31.5 Å². The monoisotopic (exact) mass is 392 g/mol. The number of fused-ring (bicyclic) bond motifs is 2. The van der Waals surface area contributed by atoms with Crippen molar-refractivity contribution in [2.24, 2.45) is 0 Å². The molecule has 3 aromatic rings. The fourth-order valence-electron chi connectivity index (χ4n) is 3.31. The van der Waals surface area contributed by atoms with Crippen LogP contribution >= 0.6 is 11.3 Å². The fourth-order valence-corrected chi connectivity index (χ4v) is 4.49. The number of anilines is 1. The van der Waals surface area contributed by atoms with Crippen molar-refractivity contribution < 1.29 is 4.79 Å². The summed E-state index contributed by atoms with van der Waals surface area (Å²) >= 11 is 1.49. The van der Waals surface area contributed by atoms with Gasteiger partial charge in [-0.25, -0.2) is 0 Å². The lowest BCUT2D eigenvalue weighted by Gasteiger charge is -2.19. The Bertz CT molecular complexity index is 1060. The van der Waals surface area contributed by atoms with E-state index in [0.717, 1.165) is 54.0 Å². The molecular weight excluding hydrogens is 368 g/mol. The van der Waals surface area contributed by atoms with E-state index < -0.39 is 0 Å². The number of nitrogens with zero attached hydrogens (tertiary/aromatic N) is 1. The second-order valence-electron chi connectivity index (χ2n) is 6.57. The topological polar surface area (TPSA) is 49.4 Å². The SMILES string of the molecule is C=CCN(CC=C)CCCNc1ccc(C=O)c2sc3ccccc3c(=O)c12. The van der Waals surface area contributed by atoms with Crippen LogP contribution in [0.2, 0.25) is 0 Å². The maximum absolute atomic E-state index is 13.1. The van der Waals surface area contributed by atoms with Crippen molar-refractivity contribution in [3.63, 3.8) is 0 Å². The highest BCUT2D eigenvalue weighted by molar-refractivity contribution is 7.25.